The zero-order valence-corrected chi connectivity index (χ0v) is 13.2. The Hall–Kier alpha value is -2.29. The van der Waals surface area contributed by atoms with E-state index in [1.807, 2.05) is 30.3 Å². The largest absolute Gasteiger partial charge is 0.481 e. The van der Waals surface area contributed by atoms with E-state index in [0.717, 1.165) is 18.7 Å². The normalized spacial score (nSPS) is 11.9. The molecule has 0 bridgehead atoms. The Kier molecular flexibility index (Phi) is 5.59. The molecule has 0 heterocycles. The average molecular weight is 297 g/mol. The Morgan fingerprint density at radius 1 is 1.09 bits per heavy atom. The molecule has 2 aromatic rings. The van der Waals surface area contributed by atoms with Crippen molar-refractivity contribution in [3.63, 3.8) is 0 Å². The molecule has 0 aliphatic carbocycles. The van der Waals surface area contributed by atoms with Crippen molar-refractivity contribution in [1.82, 2.24) is 0 Å². The zero-order chi connectivity index (χ0) is 15.9. The number of carboxylic acids is 1. The summed E-state index contributed by atoms with van der Waals surface area (Å²) in [6.45, 7) is 5.10. The highest BCUT2D eigenvalue weighted by molar-refractivity contribution is 5.70. The molecule has 116 valence electrons. The molecule has 22 heavy (non-hydrogen) atoms. The first-order valence-corrected chi connectivity index (χ1v) is 7.71. The van der Waals surface area contributed by atoms with E-state index in [-0.39, 0.29) is 0 Å². The van der Waals surface area contributed by atoms with Crippen molar-refractivity contribution < 1.29 is 9.90 Å². The summed E-state index contributed by atoms with van der Waals surface area (Å²) in [6.07, 6.45) is 0.933. The number of aryl methyl sites for hydroxylation is 1. The van der Waals surface area contributed by atoms with Crippen LogP contribution in [0.4, 0.5) is 5.69 Å². The monoisotopic (exact) mass is 297 g/mol. The third-order valence-electron chi connectivity index (χ3n) is 3.85. The number of carbonyl (C=O) groups is 1. The smallest absolute Gasteiger partial charge is 0.308 e. The van der Waals surface area contributed by atoms with E-state index in [0.29, 0.717) is 6.54 Å². The molecule has 0 aliphatic heterocycles. The van der Waals surface area contributed by atoms with Gasteiger partial charge in [0, 0.05) is 18.8 Å². The second-order valence-electron chi connectivity index (χ2n) is 5.59. The van der Waals surface area contributed by atoms with Crippen LogP contribution >= 0.6 is 0 Å². The molecule has 2 rings (SSSR count). The highest BCUT2D eigenvalue weighted by Gasteiger charge is 2.18. The van der Waals surface area contributed by atoms with Gasteiger partial charge in [0.1, 0.15) is 0 Å². The zero-order valence-electron chi connectivity index (χ0n) is 13.2. The summed E-state index contributed by atoms with van der Waals surface area (Å²) in [5, 5.41) is 9.24. The predicted molar refractivity (Wildman–Crippen MR) is 90.1 cm³/mol. The van der Waals surface area contributed by atoms with Crippen LogP contribution < -0.4 is 4.90 Å². The Morgan fingerprint density at radius 3 is 2.36 bits per heavy atom. The number of anilines is 1. The van der Waals surface area contributed by atoms with E-state index < -0.39 is 11.9 Å². The van der Waals surface area contributed by atoms with Gasteiger partial charge in [-0.25, -0.2) is 0 Å². The molecule has 2 aromatic carbocycles. The lowest BCUT2D eigenvalue weighted by molar-refractivity contribution is -0.140. The van der Waals surface area contributed by atoms with Crippen molar-refractivity contribution >= 4 is 11.7 Å². The number of aliphatic carboxylic acids is 1. The lowest BCUT2D eigenvalue weighted by Gasteiger charge is -2.28. The summed E-state index contributed by atoms with van der Waals surface area (Å²) >= 11 is 0. The number of benzene rings is 2. The molecule has 0 saturated carbocycles. The molecule has 3 heteroatoms. The molecule has 1 atom stereocenters. The molecule has 0 fully saturated rings. The molecular formula is C19H23NO2. The van der Waals surface area contributed by atoms with Gasteiger partial charge < -0.3 is 10.0 Å². The van der Waals surface area contributed by atoms with Gasteiger partial charge in [-0.3, -0.25) is 4.79 Å². The topological polar surface area (TPSA) is 40.5 Å². The molecule has 1 N–H and O–H groups in total. The standard InChI is InChI=1S/C19H23NO2/c1-3-17-11-7-8-12-18(17)20(13-15(2)19(21)22)14-16-9-5-4-6-10-16/h4-12,15H,3,13-14H2,1-2H3,(H,21,22). The maximum absolute atomic E-state index is 11.2. The van der Waals surface area contributed by atoms with Crippen LogP contribution in [0.15, 0.2) is 54.6 Å². The Labute approximate surface area is 132 Å². The summed E-state index contributed by atoms with van der Waals surface area (Å²) in [7, 11) is 0. The van der Waals surface area contributed by atoms with Crippen molar-refractivity contribution in [2.75, 3.05) is 11.4 Å². The molecule has 0 radical (unpaired) electrons. The van der Waals surface area contributed by atoms with E-state index in [2.05, 4.69) is 36.1 Å². The quantitative estimate of drug-likeness (QED) is 0.840. The predicted octanol–water partition coefficient (Wildman–Crippen LogP) is 3.98. The third kappa shape index (κ3) is 4.10. The summed E-state index contributed by atoms with van der Waals surface area (Å²) < 4.78 is 0. The Bertz CT molecular complexity index is 610. The minimum absolute atomic E-state index is 0.409. The van der Waals surface area contributed by atoms with Crippen LogP contribution in [0.2, 0.25) is 0 Å². The second-order valence-corrected chi connectivity index (χ2v) is 5.59. The van der Waals surface area contributed by atoms with Crippen molar-refractivity contribution in [3.8, 4) is 0 Å². The maximum atomic E-state index is 11.2. The van der Waals surface area contributed by atoms with Crippen LogP contribution in [-0.4, -0.2) is 17.6 Å². The molecule has 0 saturated heterocycles. The lowest BCUT2D eigenvalue weighted by atomic mass is 10.1. The van der Waals surface area contributed by atoms with Gasteiger partial charge in [-0.05, 0) is 23.6 Å². The molecule has 3 nitrogen and oxygen atoms in total. The first-order valence-electron chi connectivity index (χ1n) is 7.71. The number of hydrogen-bond donors (Lipinski definition) is 1. The number of nitrogens with zero attached hydrogens (tertiary/aromatic N) is 1. The second kappa shape index (κ2) is 7.64. The minimum Gasteiger partial charge on any atom is -0.481 e. The highest BCUT2D eigenvalue weighted by atomic mass is 16.4. The van der Waals surface area contributed by atoms with Crippen LogP contribution in [0.1, 0.15) is 25.0 Å². The van der Waals surface area contributed by atoms with Gasteiger partial charge in [0.2, 0.25) is 0 Å². The summed E-state index contributed by atoms with van der Waals surface area (Å²) in [5.41, 5.74) is 3.56. The van der Waals surface area contributed by atoms with Crippen molar-refractivity contribution in [3.05, 3.63) is 65.7 Å². The van der Waals surface area contributed by atoms with Gasteiger partial charge in [0.15, 0.2) is 0 Å². The van der Waals surface area contributed by atoms with Gasteiger partial charge in [0.25, 0.3) is 0 Å². The maximum Gasteiger partial charge on any atom is 0.308 e. The fourth-order valence-electron chi connectivity index (χ4n) is 2.58. The lowest BCUT2D eigenvalue weighted by Crippen LogP contribution is -2.32. The first kappa shape index (κ1) is 16.1. The molecule has 0 amide bonds. The van der Waals surface area contributed by atoms with E-state index in [4.69, 9.17) is 0 Å². The van der Waals surface area contributed by atoms with Crippen LogP contribution in [0.25, 0.3) is 0 Å². The molecule has 0 spiro atoms. The number of hydrogen-bond acceptors (Lipinski definition) is 2. The molecule has 0 aromatic heterocycles. The summed E-state index contributed by atoms with van der Waals surface area (Å²) in [6, 6.07) is 18.4. The van der Waals surface area contributed by atoms with Crippen LogP contribution in [0.3, 0.4) is 0 Å². The van der Waals surface area contributed by atoms with Crippen molar-refractivity contribution in [2.24, 2.45) is 5.92 Å². The van der Waals surface area contributed by atoms with E-state index in [1.165, 1.54) is 11.1 Å². The Morgan fingerprint density at radius 2 is 1.73 bits per heavy atom. The third-order valence-corrected chi connectivity index (χ3v) is 3.85. The van der Waals surface area contributed by atoms with Crippen LogP contribution in [0.5, 0.6) is 0 Å². The van der Waals surface area contributed by atoms with Gasteiger partial charge in [-0.2, -0.15) is 0 Å². The number of para-hydroxylation sites is 1. The first-order chi connectivity index (χ1) is 10.6. The fraction of sp³-hybridized carbons (Fsp3) is 0.316. The summed E-state index contributed by atoms with van der Waals surface area (Å²) in [5.74, 6) is -1.17. The van der Waals surface area contributed by atoms with E-state index in [1.54, 1.807) is 6.92 Å². The highest BCUT2D eigenvalue weighted by Crippen LogP contribution is 2.24. The summed E-state index contributed by atoms with van der Waals surface area (Å²) in [4.78, 5) is 13.4. The SMILES string of the molecule is CCc1ccccc1N(Cc1ccccc1)CC(C)C(=O)O. The molecular weight excluding hydrogens is 274 g/mol. The van der Waals surface area contributed by atoms with Crippen LogP contribution in [0, 0.1) is 5.92 Å². The van der Waals surface area contributed by atoms with E-state index in [9.17, 15) is 9.90 Å². The van der Waals surface area contributed by atoms with Crippen LogP contribution in [-0.2, 0) is 17.8 Å². The number of carboxylic acid groups (broad SMARTS) is 1. The van der Waals surface area contributed by atoms with Gasteiger partial charge in [-0.1, -0.05) is 62.4 Å². The fourth-order valence-corrected chi connectivity index (χ4v) is 2.58. The average Bonchev–Trinajstić information content (AvgIpc) is 2.55. The van der Waals surface area contributed by atoms with Gasteiger partial charge in [-0.15, -0.1) is 0 Å². The van der Waals surface area contributed by atoms with Gasteiger partial charge >= 0.3 is 5.97 Å². The van der Waals surface area contributed by atoms with Gasteiger partial charge in [0.05, 0.1) is 5.92 Å². The molecule has 1 unspecified atom stereocenters. The number of rotatable bonds is 7. The van der Waals surface area contributed by atoms with Crippen molar-refractivity contribution in [2.45, 2.75) is 26.8 Å². The Balaban J connectivity index is 2.30. The minimum atomic E-state index is -0.757. The van der Waals surface area contributed by atoms with Crippen molar-refractivity contribution in [1.29, 1.82) is 0 Å². The van der Waals surface area contributed by atoms with E-state index >= 15 is 0 Å². The molecule has 0 aliphatic rings.